The second-order valence-electron chi connectivity index (χ2n) is 3.40. The average molecular weight is 256 g/mol. The van der Waals surface area contributed by atoms with E-state index in [9.17, 15) is 8.78 Å². The van der Waals surface area contributed by atoms with Gasteiger partial charge < -0.3 is 19.7 Å². The maximum atomic E-state index is 13.5. The van der Waals surface area contributed by atoms with E-state index in [-0.39, 0.29) is 28.6 Å². The summed E-state index contributed by atoms with van der Waals surface area (Å²) in [6, 6.07) is 2.30. The summed E-state index contributed by atoms with van der Waals surface area (Å²) < 4.78 is 41.6. The summed E-state index contributed by atoms with van der Waals surface area (Å²) in [6.07, 6.45) is 0. The third kappa shape index (κ3) is 1.83. The molecule has 18 heavy (non-hydrogen) atoms. The Bertz CT molecular complexity index is 584. The zero-order valence-corrected chi connectivity index (χ0v) is 9.66. The maximum Gasteiger partial charge on any atom is 0.204 e. The van der Waals surface area contributed by atoms with Crippen molar-refractivity contribution in [3.63, 3.8) is 0 Å². The van der Waals surface area contributed by atoms with Crippen LogP contribution in [0.25, 0.3) is 11.3 Å². The van der Waals surface area contributed by atoms with Crippen molar-refractivity contribution in [2.24, 2.45) is 0 Å². The molecule has 96 valence electrons. The Kier molecular flexibility index (Phi) is 3.05. The van der Waals surface area contributed by atoms with Gasteiger partial charge in [-0.2, -0.15) is 4.39 Å². The lowest BCUT2D eigenvalue weighted by Gasteiger charge is -2.12. The summed E-state index contributed by atoms with van der Waals surface area (Å²) in [5.74, 6) is -2.28. The van der Waals surface area contributed by atoms with Crippen molar-refractivity contribution in [1.82, 2.24) is 5.16 Å². The van der Waals surface area contributed by atoms with Crippen LogP contribution < -0.4 is 15.2 Å². The summed E-state index contributed by atoms with van der Waals surface area (Å²) in [5, 5.41) is 3.47. The lowest BCUT2D eigenvalue weighted by molar-refractivity contribution is 0.328. The highest BCUT2D eigenvalue weighted by atomic mass is 19.2. The monoisotopic (exact) mass is 256 g/mol. The molecule has 7 heteroatoms. The Morgan fingerprint density at radius 3 is 2.33 bits per heavy atom. The van der Waals surface area contributed by atoms with Crippen LogP contribution in [-0.2, 0) is 0 Å². The fourth-order valence-corrected chi connectivity index (χ4v) is 1.57. The second kappa shape index (κ2) is 4.52. The van der Waals surface area contributed by atoms with Crippen molar-refractivity contribution in [2.75, 3.05) is 20.0 Å². The Labute approximate surface area is 101 Å². The number of methoxy groups -OCH3 is 2. The van der Waals surface area contributed by atoms with Crippen molar-refractivity contribution >= 4 is 5.82 Å². The number of aromatic nitrogens is 1. The van der Waals surface area contributed by atoms with E-state index in [2.05, 4.69) is 5.16 Å². The van der Waals surface area contributed by atoms with Gasteiger partial charge in [0.25, 0.3) is 0 Å². The van der Waals surface area contributed by atoms with Gasteiger partial charge in [-0.1, -0.05) is 5.16 Å². The van der Waals surface area contributed by atoms with Crippen molar-refractivity contribution in [3.05, 3.63) is 23.8 Å². The molecule has 1 aromatic heterocycles. The summed E-state index contributed by atoms with van der Waals surface area (Å²) in [5.41, 5.74) is 5.57. The number of ether oxygens (including phenoxy) is 2. The number of hydrogen-bond acceptors (Lipinski definition) is 5. The Balaban J connectivity index is 2.70. The van der Waals surface area contributed by atoms with E-state index in [1.165, 1.54) is 20.3 Å². The summed E-state index contributed by atoms with van der Waals surface area (Å²) in [4.78, 5) is 0. The summed E-state index contributed by atoms with van der Waals surface area (Å²) in [6.45, 7) is 0. The fraction of sp³-hybridized carbons (Fsp3) is 0.182. The highest BCUT2D eigenvalue weighted by molar-refractivity contribution is 5.71. The molecule has 0 aliphatic rings. The average Bonchev–Trinajstić information content (AvgIpc) is 2.78. The molecule has 0 unspecified atom stereocenters. The van der Waals surface area contributed by atoms with Crippen LogP contribution in [0.1, 0.15) is 0 Å². The first-order valence-corrected chi connectivity index (χ1v) is 4.91. The summed E-state index contributed by atoms with van der Waals surface area (Å²) >= 11 is 0. The van der Waals surface area contributed by atoms with Gasteiger partial charge in [-0.25, -0.2) is 4.39 Å². The van der Waals surface area contributed by atoms with E-state index >= 15 is 0 Å². The van der Waals surface area contributed by atoms with E-state index in [1.807, 2.05) is 0 Å². The first-order valence-electron chi connectivity index (χ1n) is 4.91. The number of nitrogens with two attached hydrogens (primary N) is 1. The molecular weight excluding hydrogens is 246 g/mol. The van der Waals surface area contributed by atoms with Crippen molar-refractivity contribution < 1.29 is 22.8 Å². The van der Waals surface area contributed by atoms with Gasteiger partial charge in [-0.05, 0) is 6.07 Å². The first kappa shape index (κ1) is 12.2. The molecule has 1 heterocycles. The number of benzene rings is 1. The minimum absolute atomic E-state index is 0.00699. The van der Waals surface area contributed by atoms with Gasteiger partial charge in [-0.15, -0.1) is 0 Å². The van der Waals surface area contributed by atoms with Crippen LogP contribution in [0.15, 0.2) is 16.7 Å². The summed E-state index contributed by atoms with van der Waals surface area (Å²) in [7, 11) is 2.51. The zero-order chi connectivity index (χ0) is 13.3. The number of hydrogen-bond donors (Lipinski definition) is 1. The molecule has 0 saturated carbocycles. The van der Waals surface area contributed by atoms with E-state index < -0.39 is 11.6 Å². The van der Waals surface area contributed by atoms with Crippen molar-refractivity contribution in [1.29, 1.82) is 0 Å². The first-order chi connectivity index (χ1) is 8.58. The highest BCUT2D eigenvalue weighted by Crippen LogP contribution is 2.41. The van der Waals surface area contributed by atoms with Crippen LogP contribution in [0.4, 0.5) is 14.6 Å². The van der Waals surface area contributed by atoms with Crippen molar-refractivity contribution in [3.8, 4) is 22.8 Å². The van der Waals surface area contributed by atoms with Crippen LogP contribution in [0, 0.1) is 11.6 Å². The lowest BCUT2D eigenvalue weighted by atomic mass is 10.1. The molecule has 0 aliphatic heterocycles. The number of anilines is 1. The molecule has 0 saturated heterocycles. The molecule has 0 fully saturated rings. The maximum absolute atomic E-state index is 13.5. The predicted molar refractivity (Wildman–Crippen MR) is 59.4 cm³/mol. The minimum Gasteiger partial charge on any atom is -0.492 e. The third-order valence-electron chi connectivity index (χ3n) is 2.33. The Hall–Kier alpha value is -2.31. The number of nitrogens with zero attached hydrogens (tertiary/aromatic N) is 1. The van der Waals surface area contributed by atoms with Gasteiger partial charge >= 0.3 is 0 Å². The van der Waals surface area contributed by atoms with E-state index in [0.717, 1.165) is 6.07 Å². The van der Waals surface area contributed by atoms with Crippen LogP contribution in [0.5, 0.6) is 11.5 Å². The van der Waals surface area contributed by atoms with Crippen LogP contribution >= 0.6 is 0 Å². The largest absolute Gasteiger partial charge is 0.492 e. The standard InChI is InChI=1S/C11H10F2N2O3/c1-16-10-5(7-4-8(14)15-18-7)3-6(12)9(13)11(10)17-2/h3-4H,1-2H3,(H2,14,15). The normalized spacial score (nSPS) is 10.4. The molecular formula is C11H10F2N2O3. The molecule has 1 aromatic carbocycles. The quantitative estimate of drug-likeness (QED) is 0.911. The molecule has 2 aromatic rings. The predicted octanol–water partition coefficient (Wildman–Crippen LogP) is 2.22. The highest BCUT2D eigenvalue weighted by Gasteiger charge is 2.23. The number of nitrogen functional groups attached to an aromatic ring is 1. The molecule has 0 radical (unpaired) electrons. The van der Waals surface area contributed by atoms with Crippen LogP contribution in [-0.4, -0.2) is 19.4 Å². The van der Waals surface area contributed by atoms with E-state index in [1.54, 1.807) is 0 Å². The Morgan fingerprint density at radius 2 is 1.83 bits per heavy atom. The molecule has 0 amide bonds. The molecule has 5 nitrogen and oxygen atoms in total. The van der Waals surface area contributed by atoms with Crippen LogP contribution in [0.2, 0.25) is 0 Å². The van der Waals surface area contributed by atoms with Gasteiger partial charge in [0.15, 0.2) is 23.1 Å². The minimum atomic E-state index is -1.13. The van der Waals surface area contributed by atoms with Gasteiger partial charge in [0, 0.05) is 6.07 Å². The molecule has 0 bridgehead atoms. The molecule has 2 rings (SSSR count). The second-order valence-corrected chi connectivity index (χ2v) is 3.40. The topological polar surface area (TPSA) is 70.5 Å². The smallest absolute Gasteiger partial charge is 0.204 e. The van der Waals surface area contributed by atoms with Gasteiger partial charge in [0.1, 0.15) is 0 Å². The number of rotatable bonds is 3. The van der Waals surface area contributed by atoms with Crippen molar-refractivity contribution in [2.45, 2.75) is 0 Å². The van der Waals surface area contributed by atoms with Gasteiger partial charge in [-0.3, -0.25) is 0 Å². The SMILES string of the molecule is COc1c(-c2cc(N)no2)cc(F)c(F)c1OC. The Morgan fingerprint density at radius 1 is 1.17 bits per heavy atom. The molecule has 0 atom stereocenters. The fourth-order valence-electron chi connectivity index (χ4n) is 1.57. The van der Waals surface area contributed by atoms with E-state index in [4.69, 9.17) is 19.7 Å². The molecule has 2 N–H and O–H groups in total. The molecule has 0 aliphatic carbocycles. The van der Waals surface area contributed by atoms with Crippen LogP contribution in [0.3, 0.4) is 0 Å². The van der Waals surface area contributed by atoms with Gasteiger partial charge in [0.05, 0.1) is 19.8 Å². The van der Waals surface area contributed by atoms with Gasteiger partial charge in [0.2, 0.25) is 11.6 Å². The molecule has 0 spiro atoms. The van der Waals surface area contributed by atoms with E-state index in [0.29, 0.717) is 0 Å². The lowest BCUT2D eigenvalue weighted by Crippen LogP contribution is -1.99. The third-order valence-corrected chi connectivity index (χ3v) is 2.33. The number of halogens is 2. The zero-order valence-electron chi connectivity index (χ0n) is 9.66.